The Hall–Kier alpha value is -6.59. The van der Waals surface area contributed by atoms with Gasteiger partial charge in [0, 0.05) is 33.4 Å². The predicted octanol–water partition coefficient (Wildman–Crippen LogP) is 12.2. The average molecular weight is 710 g/mol. The Kier molecular flexibility index (Phi) is 8.60. The lowest BCUT2D eigenvalue weighted by Gasteiger charge is -2.22. The van der Waals surface area contributed by atoms with E-state index in [0.29, 0.717) is 23.4 Å². The van der Waals surface area contributed by atoms with Crippen molar-refractivity contribution in [1.82, 2.24) is 24.9 Å². The number of aromatic nitrogens is 5. The second-order valence-corrected chi connectivity index (χ2v) is 14.9. The summed E-state index contributed by atoms with van der Waals surface area (Å²) < 4.78 is 0. The largest absolute Gasteiger partial charge is 0.228 e. The molecule has 2 aliphatic carbocycles. The highest BCUT2D eigenvalue weighted by molar-refractivity contribution is 5.76. The van der Waals surface area contributed by atoms with Crippen LogP contribution in [0.4, 0.5) is 0 Å². The molecule has 5 heteroatoms. The van der Waals surface area contributed by atoms with E-state index in [-0.39, 0.29) is 0 Å². The minimum absolute atomic E-state index is 0.636. The van der Waals surface area contributed by atoms with Gasteiger partial charge in [0.2, 0.25) is 0 Å². The van der Waals surface area contributed by atoms with Crippen molar-refractivity contribution < 1.29 is 0 Å². The molecule has 0 radical (unpaired) electrons. The van der Waals surface area contributed by atoms with E-state index in [1.807, 2.05) is 78.9 Å². The summed E-state index contributed by atoms with van der Waals surface area (Å²) in [5.74, 6) is 5.16. The number of hydrogen-bond donors (Lipinski definition) is 0. The van der Waals surface area contributed by atoms with Gasteiger partial charge in [-0.2, -0.15) is 0 Å². The fraction of sp³-hybridized carbons (Fsp3) is 0.140. The van der Waals surface area contributed by atoms with Crippen LogP contribution in [0.15, 0.2) is 170 Å². The molecule has 0 saturated heterocycles. The molecule has 2 aliphatic rings. The quantitative estimate of drug-likeness (QED) is 0.157. The normalized spacial score (nSPS) is 17.3. The van der Waals surface area contributed by atoms with E-state index in [9.17, 15) is 0 Å². The van der Waals surface area contributed by atoms with Crippen molar-refractivity contribution in [3.8, 4) is 79.2 Å². The number of rotatable bonds is 8. The molecule has 10 rings (SSSR count). The molecule has 2 aromatic heterocycles. The van der Waals surface area contributed by atoms with Crippen LogP contribution < -0.4 is 0 Å². The van der Waals surface area contributed by atoms with Gasteiger partial charge in [-0.05, 0) is 65.8 Å². The van der Waals surface area contributed by atoms with Crippen molar-refractivity contribution in [2.45, 2.75) is 31.6 Å². The summed E-state index contributed by atoms with van der Waals surface area (Å²) in [4.78, 5) is 25.0. The minimum Gasteiger partial charge on any atom is -0.228 e. The molecule has 0 N–H and O–H groups in total. The Bertz CT molecular complexity index is 2530. The molecule has 0 amide bonds. The third kappa shape index (κ3) is 6.74. The van der Waals surface area contributed by atoms with Crippen LogP contribution in [-0.4, -0.2) is 24.9 Å². The molecule has 8 aromatic rings. The van der Waals surface area contributed by atoms with Gasteiger partial charge >= 0.3 is 0 Å². The molecule has 3 atom stereocenters. The lowest BCUT2D eigenvalue weighted by Crippen LogP contribution is -2.08. The Morgan fingerprint density at radius 1 is 0.327 bits per heavy atom. The highest BCUT2D eigenvalue weighted by atomic mass is 15.0. The van der Waals surface area contributed by atoms with Gasteiger partial charge < -0.3 is 0 Å². The summed E-state index contributed by atoms with van der Waals surface area (Å²) in [5.41, 5.74) is 11.5. The first-order valence-electron chi connectivity index (χ1n) is 19.3. The molecule has 2 saturated carbocycles. The number of benzene rings is 6. The second-order valence-electron chi connectivity index (χ2n) is 14.9. The molecular formula is C50H39N5. The highest BCUT2D eigenvalue weighted by Gasteiger charge is 2.40. The summed E-state index contributed by atoms with van der Waals surface area (Å²) in [6.45, 7) is 0. The fourth-order valence-electron chi connectivity index (χ4n) is 8.62. The van der Waals surface area contributed by atoms with Crippen molar-refractivity contribution in [3.05, 3.63) is 175 Å². The van der Waals surface area contributed by atoms with E-state index in [0.717, 1.165) is 73.6 Å². The van der Waals surface area contributed by atoms with Gasteiger partial charge in [-0.15, -0.1) is 0 Å². The summed E-state index contributed by atoms with van der Waals surface area (Å²) in [7, 11) is 0. The van der Waals surface area contributed by atoms with E-state index in [1.54, 1.807) is 0 Å². The molecule has 2 bridgehead atoms. The first kappa shape index (κ1) is 33.0. The number of nitrogens with zero attached hydrogens (tertiary/aromatic N) is 5. The van der Waals surface area contributed by atoms with Crippen molar-refractivity contribution >= 4 is 0 Å². The maximum absolute atomic E-state index is 5.09. The van der Waals surface area contributed by atoms with Gasteiger partial charge in [-0.3, -0.25) is 0 Å². The van der Waals surface area contributed by atoms with Gasteiger partial charge in [0.15, 0.2) is 23.3 Å². The lowest BCUT2D eigenvalue weighted by molar-refractivity contribution is 0.420. The van der Waals surface area contributed by atoms with E-state index in [1.165, 1.54) is 31.2 Å². The maximum atomic E-state index is 5.09. The van der Waals surface area contributed by atoms with E-state index in [2.05, 4.69) is 91.0 Å². The smallest absolute Gasteiger partial charge is 0.164 e. The molecular weight excluding hydrogens is 671 g/mol. The highest BCUT2D eigenvalue weighted by Crippen LogP contribution is 2.53. The van der Waals surface area contributed by atoms with E-state index >= 15 is 0 Å². The van der Waals surface area contributed by atoms with Crippen molar-refractivity contribution in [3.63, 3.8) is 0 Å². The zero-order chi connectivity index (χ0) is 36.6. The van der Waals surface area contributed by atoms with Crippen LogP contribution >= 0.6 is 0 Å². The van der Waals surface area contributed by atoms with Crippen molar-refractivity contribution in [2.24, 2.45) is 11.8 Å². The SMILES string of the molecule is c1ccc(-c2nc(-c3ccc(-c4cccc(-c5nc(-c6ccccc6)nc(-c6ccccc6)n5)c4)cc3)cc(-c3ccc(C4CC5CCC4C5)cc3)n2)cc1. The van der Waals surface area contributed by atoms with Crippen molar-refractivity contribution in [2.75, 3.05) is 0 Å². The summed E-state index contributed by atoms with van der Waals surface area (Å²) >= 11 is 0. The number of fused-ring (bicyclic) bond motifs is 2. The van der Waals surface area contributed by atoms with Crippen LogP contribution in [0.25, 0.3) is 79.2 Å². The molecule has 3 unspecified atom stereocenters. The van der Waals surface area contributed by atoms with Crippen LogP contribution in [0.1, 0.15) is 37.2 Å². The first-order chi connectivity index (χ1) is 27.2. The molecule has 2 fully saturated rings. The van der Waals surface area contributed by atoms with Gasteiger partial charge in [-0.1, -0.05) is 164 Å². The Morgan fingerprint density at radius 3 is 1.29 bits per heavy atom. The molecule has 264 valence electrons. The zero-order valence-electron chi connectivity index (χ0n) is 30.5. The molecule has 5 nitrogen and oxygen atoms in total. The van der Waals surface area contributed by atoms with E-state index in [4.69, 9.17) is 24.9 Å². The Morgan fingerprint density at radius 2 is 0.782 bits per heavy atom. The first-order valence-corrected chi connectivity index (χ1v) is 19.3. The second kappa shape index (κ2) is 14.3. The van der Waals surface area contributed by atoms with Crippen LogP contribution in [0.5, 0.6) is 0 Å². The van der Waals surface area contributed by atoms with Gasteiger partial charge in [0.05, 0.1) is 11.4 Å². The van der Waals surface area contributed by atoms with Crippen molar-refractivity contribution in [1.29, 1.82) is 0 Å². The lowest BCUT2D eigenvalue weighted by atomic mass is 9.83. The van der Waals surface area contributed by atoms with E-state index < -0.39 is 0 Å². The Balaban J connectivity index is 0.976. The topological polar surface area (TPSA) is 64.5 Å². The molecule has 0 spiro atoms. The third-order valence-corrected chi connectivity index (χ3v) is 11.5. The molecule has 0 aliphatic heterocycles. The molecule has 2 heterocycles. The zero-order valence-corrected chi connectivity index (χ0v) is 30.5. The molecule has 55 heavy (non-hydrogen) atoms. The standard InChI is InChI=1S/C50H39N5/c1-4-11-38(12-5-1)47-51-45(32-46(52-47)37-27-23-35(24-28-37)44-30-33-19-20-42(44)29-33)36-25-21-34(22-26-36)41-17-10-18-43(31-41)50-54-48(39-13-6-2-7-14-39)53-49(55-50)40-15-8-3-9-16-40/h1-18,21-28,31-33,42,44H,19-20,29-30H2. The van der Waals surface area contributed by atoms with Crippen LogP contribution in [0, 0.1) is 11.8 Å². The monoisotopic (exact) mass is 709 g/mol. The predicted molar refractivity (Wildman–Crippen MR) is 222 cm³/mol. The number of hydrogen-bond acceptors (Lipinski definition) is 5. The summed E-state index contributed by atoms with van der Waals surface area (Å²) in [5, 5.41) is 0. The van der Waals surface area contributed by atoms with Gasteiger partial charge in [-0.25, -0.2) is 24.9 Å². The Labute approximate surface area is 321 Å². The van der Waals surface area contributed by atoms with Crippen LogP contribution in [0.2, 0.25) is 0 Å². The fourth-order valence-corrected chi connectivity index (χ4v) is 8.62. The van der Waals surface area contributed by atoms with Gasteiger partial charge in [0.1, 0.15) is 0 Å². The summed E-state index contributed by atoms with van der Waals surface area (Å²) in [6.07, 6.45) is 5.57. The van der Waals surface area contributed by atoms with Crippen LogP contribution in [-0.2, 0) is 0 Å². The molecule has 6 aromatic carbocycles. The maximum Gasteiger partial charge on any atom is 0.164 e. The minimum atomic E-state index is 0.636. The summed E-state index contributed by atoms with van der Waals surface area (Å²) in [6, 6.07) is 58.8. The average Bonchev–Trinajstić information content (AvgIpc) is 3.92. The van der Waals surface area contributed by atoms with Gasteiger partial charge in [0.25, 0.3) is 0 Å². The van der Waals surface area contributed by atoms with Crippen LogP contribution in [0.3, 0.4) is 0 Å². The third-order valence-electron chi connectivity index (χ3n) is 11.5.